The van der Waals surface area contributed by atoms with E-state index in [4.69, 9.17) is 14.2 Å². The monoisotopic (exact) mass is 1100 g/mol. The Bertz CT molecular complexity index is 1450. The van der Waals surface area contributed by atoms with Crippen LogP contribution >= 0.6 is 0 Å². The molecule has 6 heteroatoms. The van der Waals surface area contributed by atoms with Crippen molar-refractivity contribution in [3.8, 4) is 0 Å². The standard InChI is InChI=1S/C73H130O6/c1-4-7-10-13-16-19-22-25-27-28-29-30-31-32-33-34-35-36-37-38-39-40-41-42-43-44-46-48-51-54-57-60-63-66-72(75)78-69-70(68-77-71(74)65-62-59-56-53-50-47-24-21-18-15-12-9-6-3)79-73(76)67-64-61-58-55-52-49-45-26-23-20-17-14-11-8-5-2/h8,11,17,20,26,28-29,45,52,55,61,64,70H,4-7,9-10,12-16,18-19,21-25,27,30-44,46-51,53-54,56-60,62-63,65-69H2,1-3H3/b11-8-,20-17-,29-28-,45-26-,55-52-,64-61-. The summed E-state index contributed by atoms with van der Waals surface area (Å²) in [6, 6.07) is 0. The average Bonchev–Trinajstić information content (AvgIpc) is 3.45. The Kier molecular flexibility index (Phi) is 64.7. The van der Waals surface area contributed by atoms with E-state index < -0.39 is 12.1 Å². The first-order valence-corrected chi connectivity index (χ1v) is 34.4. The van der Waals surface area contributed by atoms with Gasteiger partial charge >= 0.3 is 17.9 Å². The summed E-state index contributed by atoms with van der Waals surface area (Å²) in [6.07, 6.45) is 88.4. The molecule has 0 rings (SSSR count). The Balaban J connectivity index is 4.15. The molecule has 0 saturated heterocycles. The fraction of sp³-hybridized carbons (Fsp3) is 0.795. The van der Waals surface area contributed by atoms with Gasteiger partial charge in [0.1, 0.15) is 13.2 Å². The van der Waals surface area contributed by atoms with Crippen LogP contribution in [-0.4, -0.2) is 37.2 Å². The minimum absolute atomic E-state index is 0.101. The largest absolute Gasteiger partial charge is 0.462 e. The first kappa shape index (κ1) is 75.8. The van der Waals surface area contributed by atoms with Crippen LogP contribution in [0.5, 0.6) is 0 Å². The molecule has 0 aliphatic heterocycles. The van der Waals surface area contributed by atoms with Gasteiger partial charge < -0.3 is 14.2 Å². The predicted octanol–water partition coefficient (Wildman–Crippen LogP) is 23.7. The van der Waals surface area contributed by atoms with Crippen molar-refractivity contribution in [1.29, 1.82) is 0 Å². The highest BCUT2D eigenvalue weighted by molar-refractivity contribution is 5.72. The zero-order chi connectivity index (χ0) is 57.1. The van der Waals surface area contributed by atoms with Crippen LogP contribution in [0.3, 0.4) is 0 Å². The van der Waals surface area contributed by atoms with Crippen molar-refractivity contribution >= 4 is 17.9 Å². The first-order valence-electron chi connectivity index (χ1n) is 34.4. The lowest BCUT2D eigenvalue weighted by Gasteiger charge is -2.18. The van der Waals surface area contributed by atoms with E-state index in [2.05, 4.69) is 81.5 Å². The molecule has 6 nitrogen and oxygen atoms in total. The van der Waals surface area contributed by atoms with Gasteiger partial charge in [-0.25, -0.2) is 0 Å². The zero-order valence-electron chi connectivity index (χ0n) is 52.6. The topological polar surface area (TPSA) is 78.9 Å². The van der Waals surface area contributed by atoms with Crippen molar-refractivity contribution in [1.82, 2.24) is 0 Å². The fourth-order valence-corrected chi connectivity index (χ4v) is 10.1. The molecule has 1 unspecified atom stereocenters. The number of hydrogen-bond donors (Lipinski definition) is 0. The molecule has 0 aromatic heterocycles. The summed E-state index contributed by atoms with van der Waals surface area (Å²) in [5.41, 5.74) is 0. The number of hydrogen-bond acceptors (Lipinski definition) is 6. The smallest absolute Gasteiger partial charge is 0.310 e. The summed E-state index contributed by atoms with van der Waals surface area (Å²) in [6.45, 7) is 6.48. The molecule has 0 radical (unpaired) electrons. The van der Waals surface area contributed by atoms with Gasteiger partial charge in [0.05, 0.1) is 6.42 Å². The van der Waals surface area contributed by atoms with Crippen LogP contribution in [0, 0.1) is 0 Å². The molecule has 458 valence electrons. The normalized spacial score (nSPS) is 12.5. The number of rotatable bonds is 63. The van der Waals surface area contributed by atoms with E-state index in [1.54, 1.807) is 6.08 Å². The molecule has 0 bridgehead atoms. The third kappa shape index (κ3) is 65.5. The lowest BCUT2D eigenvalue weighted by molar-refractivity contribution is -0.166. The van der Waals surface area contributed by atoms with Crippen LogP contribution in [0.25, 0.3) is 0 Å². The number of unbranched alkanes of at least 4 members (excludes halogenated alkanes) is 41. The van der Waals surface area contributed by atoms with Crippen LogP contribution in [0.1, 0.15) is 355 Å². The van der Waals surface area contributed by atoms with Crippen LogP contribution in [0.2, 0.25) is 0 Å². The van der Waals surface area contributed by atoms with Crippen molar-refractivity contribution in [2.45, 2.75) is 361 Å². The maximum atomic E-state index is 12.8. The van der Waals surface area contributed by atoms with E-state index >= 15 is 0 Å². The second kappa shape index (κ2) is 67.4. The molecular weight excluding hydrogens is 973 g/mol. The molecule has 79 heavy (non-hydrogen) atoms. The van der Waals surface area contributed by atoms with E-state index in [9.17, 15) is 14.4 Å². The highest BCUT2D eigenvalue weighted by Crippen LogP contribution is 2.18. The summed E-state index contributed by atoms with van der Waals surface area (Å²) < 4.78 is 16.8. The Labute approximate surface area is 491 Å². The van der Waals surface area contributed by atoms with Gasteiger partial charge in [-0.05, 0) is 70.6 Å². The molecule has 0 saturated carbocycles. The van der Waals surface area contributed by atoms with Crippen molar-refractivity contribution in [3.63, 3.8) is 0 Å². The van der Waals surface area contributed by atoms with Gasteiger partial charge in [0, 0.05) is 12.8 Å². The van der Waals surface area contributed by atoms with Crippen LogP contribution < -0.4 is 0 Å². The minimum atomic E-state index is -0.827. The third-order valence-electron chi connectivity index (χ3n) is 15.2. The first-order chi connectivity index (χ1) is 39.0. The predicted molar refractivity (Wildman–Crippen MR) is 344 cm³/mol. The zero-order valence-corrected chi connectivity index (χ0v) is 52.6. The number of allylic oxidation sites excluding steroid dienone is 11. The molecule has 0 heterocycles. The van der Waals surface area contributed by atoms with E-state index in [-0.39, 0.29) is 31.6 Å². The Hall–Kier alpha value is -3.15. The van der Waals surface area contributed by atoms with Gasteiger partial charge in [-0.3, -0.25) is 14.4 Å². The SMILES string of the molecule is CC/C=C\C/C=C\C/C=C\C/C=C\C/C=C\CC(=O)OC(COC(=O)CCCCCCCCCCCCCCC)COC(=O)CCCCCCCCCCCCCCCCCCCCCCC/C=C\CCCCCCCCCC. The van der Waals surface area contributed by atoms with Gasteiger partial charge in [-0.1, -0.05) is 338 Å². The maximum absolute atomic E-state index is 12.8. The summed E-state index contributed by atoms with van der Waals surface area (Å²) >= 11 is 0. The molecular formula is C73H130O6. The quantitative estimate of drug-likeness (QED) is 0.0261. The summed E-state index contributed by atoms with van der Waals surface area (Å²) in [4.78, 5) is 38.2. The van der Waals surface area contributed by atoms with Gasteiger partial charge in [-0.15, -0.1) is 0 Å². The second-order valence-electron chi connectivity index (χ2n) is 23.1. The second-order valence-corrected chi connectivity index (χ2v) is 23.1. The molecule has 0 aromatic rings. The summed E-state index contributed by atoms with van der Waals surface area (Å²) in [7, 11) is 0. The van der Waals surface area contributed by atoms with E-state index in [1.807, 2.05) is 6.08 Å². The van der Waals surface area contributed by atoms with Gasteiger partial charge in [-0.2, -0.15) is 0 Å². The van der Waals surface area contributed by atoms with Crippen LogP contribution in [0.15, 0.2) is 72.9 Å². The lowest BCUT2D eigenvalue weighted by atomic mass is 10.0. The Morgan fingerprint density at radius 3 is 0.823 bits per heavy atom. The van der Waals surface area contributed by atoms with E-state index in [0.29, 0.717) is 12.8 Å². The Morgan fingerprint density at radius 2 is 0.532 bits per heavy atom. The van der Waals surface area contributed by atoms with E-state index in [1.165, 1.54) is 244 Å². The molecule has 0 aliphatic rings. The molecule has 0 spiro atoms. The molecule has 1 atom stereocenters. The van der Waals surface area contributed by atoms with Crippen LogP contribution in [-0.2, 0) is 28.6 Å². The molecule has 0 aliphatic carbocycles. The van der Waals surface area contributed by atoms with Gasteiger partial charge in [0.2, 0.25) is 0 Å². The number of ether oxygens (including phenoxy) is 3. The van der Waals surface area contributed by atoms with E-state index in [0.717, 1.165) is 70.6 Å². The van der Waals surface area contributed by atoms with Gasteiger partial charge in [0.15, 0.2) is 6.10 Å². The highest BCUT2D eigenvalue weighted by atomic mass is 16.6. The van der Waals surface area contributed by atoms with Crippen molar-refractivity contribution in [3.05, 3.63) is 72.9 Å². The average molecular weight is 1100 g/mol. The van der Waals surface area contributed by atoms with Crippen molar-refractivity contribution < 1.29 is 28.6 Å². The summed E-state index contributed by atoms with van der Waals surface area (Å²) in [5, 5.41) is 0. The molecule has 0 amide bonds. The molecule has 0 N–H and O–H groups in total. The number of carbonyl (C=O) groups is 3. The third-order valence-corrected chi connectivity index (χ3v) is 15.2. The van der Waals surface area contributed by atoms with Crippen molar-refractivity contribution in [2.24, 2.45) is 0 Å². The summed E-state index contributed by atoms with van der Waals surface area (Å²) in [5.74, 6) is -1.02. The van der Waals surface area contributed by atoms with Gasteiger partial charge in [0.25, 0.3) is 0 Å². The van der Waals surface area contributed by atoms with Crippen LogP contribution in [0.4, 0.5) is 0 Å². The number of carbonyl (C=O) groups excluding carboxylic acids is 3. The number of esters is 3. The Morgan fingerprint density at radius 1 is 0.278 bits per heavy atom. The lowest BCUT2D eigenvalue weighted by Crippen LogP contribution is -2.30. The highest BCUT2D eigenvalue weighted by Gasteiger charge is 2.19. The minimum Gasteiger partial charge on any atom is -0.462 e. The van der Waals surface area contributed by atoms with Crippen molar-refractivity contribution in [2.75, 3.05) is 13.2 Å². The molecule has 0 aromatic carbocycles. The molecule has 0 fully saturated rings. The maximum Gasteiger partial charge on any atom is 0.310 e. The fourth-order valence-electron chi connectivity index (χ4n) is 10.1.